The molecule has 0 N–H and O–H groups in total. The van der Waals surface area contributed by atoms with Gasteiger partial charge in [-0.1, -0.05) is 27.5 Å². The second-order valence-electron chi connectivity index (χ2n) is 4.14. The van der Waals surface area contributed by atoms with Crippen molar-refractivity contribution in [2.24, 2.45) is 0 Å². The van der Waals surface area contributed by atoms with Gasteiger partial charge >= 0.3 is 0 Å². The molecule has 0 heterocycles. The van der Waals surface area contributed by atoms with E-state index >= 15 is 0 Å². The lowest BCUT2D eigenvalue weighted by Gasteiger charge is -2.17. The number of ether oxygens (including phenoxy) is 2. The van der Waals surface area contributed by atoms with Crippen LogP contribution in [0.5, 0.6) is 11.5 Å². The van der Waals surface area contributed by atoms with Gasteiger partial charge in [-0.15, -0.1) is 11.6 Å². The first-order valence-electron chi connectivity index (χ1n) is 5.87. The average Bonchev–Trinajstić information content (AvgIpc) is 2.48. The van der Waals surface area contributed by atoms with Gasteiger partial charge in [-0.25, -0.2) is 0 Å². The number of halogens is 3. The second-order valence-corrected chi connectivity index (χ2v) is 5.86. The number of rotatable bonds is 4. The van der Waals surface area contributed by atoms with E-state index in [0.717, 1.165) is 21.3 Å². The molecule has 0 aromatic heterocycles. The first-order chi connectivity index (χ1) is 9.56. The summed E-state index contributed by atoms with van der Waals surface area (Å²) in [5, 5.41) is 0.240. The maximum absolute atomic E-state index is 6.60. The molecule has 2 aromatic carbocycles. The summed E-state index contributed by atoms with van der Waals surface area (Å²) in [6, 6.07) is 11.0. The van der Waals surface area contributed by atoms with Crippen LogP contribution in [0.25, 0.3) is 0 Å². The number of hydrogen-bond acceptors (Lipinski definition) is 2. The Bertz CT molecular complexity index is 617. The summed E-state index contributed by atoms with van der Waals surface area (Å²) in [6.45, 7) is 0. The number of methoxy groups -OCH3 is 2. The Morgan fingerprint density at radius 1 is 1.00 bits per heavy atom. The van der Waals surface area contributed by atoms with Gasteiger partial charge in [0.2, 0.25) is 0 Å². The number of benzene rings is 2. The van der Waals surface area contributed by atoms with Gasteiger partial charge in [0.05, 0.1) is 19.6 Å². The molecule has 0 spiro atoms. The molecule has 0 amide bonds. The summed E-state index contributed by atoms with van der Waals surface area (Å²) >= 11 is 16.1. The molecule has 2 nitrogen and oxygen atoms in total. The number of alkyl halides is 1. The summed E-state index contributed by atoms with van der Waals surface area (Å²) in [6.07, 6.45) is 0. The van der Waals surface area contributed by atoms with Gasteiger partial charge < -0.3 is 9.47 Å². The molecular weight excluding hydrogens is 363 g/mol. The van der Waals surface area contributed by atoms with Crippen LogP contribution in [0.15, 0.2) is 40.9 Å². The second kappa shape index (κ2) is 6.70. The third-order valence-electron chi connectivity index (χ3n) is 2.94. The Morgan fingerprint density at radius 2 is 1.75 bits per heavy atom. The highest BCUT2D eigenvalue weighted by atomic mass is 79.9. The average molecular weight is 376 g/mol. The van der Waals surface area contributed by atoms with Gasteiger partial charge in [0, 0.05) is 15.1 Å². The van der Waals surface area contributed by atoms with Crippen molar-refractivity contribution in [3.05, 3.63) is 57.0 Å². The van der Waals surface area contributed by atoms with Crippen LogP contribution in [0.3, 0.4) is 0 Å². The fourth-order valence-electron chi connectivity index (χ4n) is 1.91. The fraction of sp³-hybridized carbons (Fsp3) is 0.200. The lowest BCUT2D eigenvalue weighted by molar-refractivity contribution is 0.399. The molecule has 0 saturated heterocycles. The third-order valence-corrected chi connectivity index (χ3v) is 4.37. The van der Waals surface area contributed by atoms with Crippen molar-refractivity contribution in [1.82, 2.24) is 0 Å². The van der Waals surface area contributed by atoms with Crippen molar-refractivity contribution in [3.63, 3.8) is 0 Å². The van der Waals surface area contributed by atoms with Crippen LogP contribution in [0.4, 0.5) is 0 Å². The summed E-state index contributed by atoms with van der Waals surface area (Å²) < 4.78 is 11.5. The zero-order chi connectivity index (χ0) is 14.7. The molecule has 1 unspecified atom stereocenters. The van der Waals surface area contributed by atoms with Crippen LogP contribution >= 0.6 is 39.1 Å². The normalized spacial score (nSPS) is 12.1. The SMILES string of the molecule is COc1ccc(OC)c(C(Cl)c2cc(Cl)ccc2Br)c1. The maximum Gasteiger partial charge on any atom is 0.124 e. The molecule has 0 bridgehead atoms. The largest absolute Gasteiger partial charge is 0.497 e. The molecule has 2 aromatic rings. The predicted molar refractivity (Wildman–Crippen MR) is 86.4 cm³/mol. The Labute approximate surface area is 136 Å². The molecule has 0 fully saturated rings. The highest BCUT2D eigenvalue weighted by molar-refractivity contribution is 9.10. The van der Waals surface area contributed by atoms with E-state index in [1.54, 1.807) is 14.2 Å². The standard InChI is InChI=1S/C15H13BrCl2O2/c1-19-10-4-6-14(20-2)12(8-10)15(18)11-7-9(17)3-5-13(11)16/h3-8,15H,1-2H3. The third kappa shape index (κ3) is 3.22. The first kappa shape index (κ1) is 15.5. The van der Waals surface area contributed by atoms with E-state index in [1.165, 1.54) is 0 Å². The molecule has 106 valence electrons. The van der Waals surface area contributed by atoms with Crippen molar-refractivity contribution in [3.8, 4) is 11.5 Å². The highest BCUT2D eigenvalue weighted by Gasteiger charge is 2.19. The summed E-state index contributed by atoms with van der Waals surface area (Å²) in [7, 11) is 3.23. The topological polar surface area (TPSA) is 18.5 Å². The van der Waals surface area contributed by atoms with E-state index in [1.807, 2.05) is 36.4 Å². The van der Waals surface area contributed by atoms with Crippen molar-refractivity contribution in [2.75, 3.05) is 14.2 Å². The zero-order valence-electron chi connectivity index (χ0n) is 11.0. The fourth-order valence-corrected chi connectivity index (χ4v) is 3.05. The summed E-state index contributed by atoms with van der Waals surface area (Å²) in [5.74, 6) is 1.43. The predicted octanol–water partition coefficient (Wildman–Crippen LogP) is 5.45. The van der Waals surface area contributed by atoms with Crippen LogP contribution in [-0.2, 0) is 0 Å². The van der Waals surface area contributed by atoms with Gasteiger partial charge in [0.1, 0.15) is 11.5 Å². The van der Waals surface area contributed by atoms with Crippen LogP contribution < -0.4 is 9.47 Å². The minimum atomic E-state index is -0.395. The first-order valence-corrected chi connectivity index (χ1v) is 7.48. The minimum absolute atomic E-state index is 0.395. The zero-order valence-corrected chi connectivity index (χ0v) is 14.1. The Morgan fingerprint density at radius 3 is 2.40 bits per heavy atom. The minimum Gasteiger partial charge on any atom is -0.497 e. The van der Waals surface area contributed by atoms with Gasteiger partial charge in [-0.3, -0.25) is 0 Å². The van der Waals surface area contributed by atoms with Crippen molar-refractivity contribution in [1.29, 1.82) is 0 Å². The molecule has 0 aliphatic carbocycles. The molecule has 0 aliphatic rings. The van der Waals surface area contributed by atoms with Crippen molar-refractivity contribution in [2.45, 2.75) is 5.38 Å². The lowest BCUT2D eigenvalue weighted by atomic mass is 10.0. The molecule has 0 radical (unpaired) electrons. The number of hydrogen-bond donors (Lipinski definition) is 0. The van der Waals surface area contributed by atoms with E-state index in [0.29, 0.717) is 10.8 Å². The summed E-state index contributed by atoms with van der Waals surface area (Å²) in [4.78, 5) is 0. The van der Waals surface area contributed by atoms with Crippen LogP contribution in [0.2, 0.25) is 5.02 Å². The van der Waals surface area contributed by atoms with Gasteiger partial charge in [0.15, 0.2) is 0 Å². The van der Waals surface area contributed by atoms with Crippen molar-refractivity contribution >= 4 is 39.1 Å². The van der Waals surface area contributed by atoms with E-state index < -0.39 is 5.38 Å². The van der Waals surface area contributed by atoms with Crippen LogP contribution in [0.1, 0.15) is 16.5 Å². The van der Waals surface area contributed by atoms with Crippen LogP contribution in [0, 0.1) is 0 Å². The van der Waals surface area contributed by atoms with E-state index in [-0.39, 0.29) is 0 Å². The highest BCUT2D eigenvalue weighted by Crippen LogP contribution is 2.40. The monoisotopic (exact) mass is 374 g/mol. The van der Waals surface area contributed by atoms with E-state index in [9.17, 15) is 0 Å². The van der Waals surface area contributed by atoms with Gasteiger partial charge in [-0.05, 0) is 42.0 Å². The Hall–Kier alpha value is -0.900. The summed E-state index contributed by atoms with van der Waals surface area (Å²) in [5.41, 5.74) is 1.71. The van der Waals surface area contributed by atoms with E-state index in [4.69, 9.17) is 32.7 Å². The molecule has 20 heavy (non-hydrogen) atoms. The Balaban J connectivity index is 2.51. The lowest BCUT2D eigenvalue weighted by Crippen LogP contribution is -1.99. The maximum atomic E-state index is 6.60. The van der Waals surface area contributed by atoms with Crippen LogP contribution in [-0.4, -0.2) is 14.2 Å². The smallest absolute Gasteiger partial charge is 0.124 e. The van der Waals surface area contributed by atoms with E-state index in [2.05, 4.69) is 15.9 Å². The van der Waals surface area contributed by atoms with Gasteiger partial charge in [0.25, 0.3) is 0 Å². The molecule has 0 saturated carbocycles. The quantitative estimate of drug-likeness (QED) is 0.661. The van der Waals surface area contributed by atoms with Crippen molar-refractivity contribution < 1.29 is 9.47 Å². The molecule has 2 rings (SSSR count). The molecular formula is C15H13BrCl2O2. The molecule has 5 heteroatoms. The molecule has 1 atom stereocenters. The molecule has 0 aliphatic heterocycles. The Kier molecular flexibility index (Phi) is 5.19. The van der Waals surface area contributed by atoms with Gasteiger partial charge in [-0.2, -0.15) is 0 Å².